The molecule has 1 heterocycles. The van der Waals surface area contributed by atoms with Gasteiger partial charge in [-0.1, -0.05) is 0 Å². The third kappa shape index (κ3) is 4.31. The lowest BCUT2D eigenvalue weighted by Crippen LogP contribution is -2.39. The maximum Gasteiger partial charge on any atom is 0.221 e. The molecule has 6 nitrogen and oxygen atoms in total. The lowest BCUT2D eigenvalue weighted by molar-refractivity contribution is 0.139. The van der Waals surface area contributed by atoms with Gasteiger partial charge < -0.3 is 10.2 Å². The van der Waals surface area contributed by atoms with Crippen molar-refractivity contribution in [1.29, 1.82) is 0 Å². The zero-order chi connectivity index (χ0) is 15.3. The second-order valence-electron chi connectivity index (χ2n) is 5.47. The third-order valence-electron chi connectivity index (χ3n) is 3.26. The highest BCUT2D eigenvalue weighted by molar-refractivity contribution is 5.47. The van der Waals surface area contributed by atoms with Crippen molar-refractivity contribution in [3.8, 4) is 5.88 Å². The van der Waals surface area contributed by atoms with Crippen LogP contribution in [0.25, 0.3) is 0 Å². The quantitative estimate of drug-likeness (QED) is 0.587. The fourth-order valence-electron chi connectivity index (χ4n) is 2.24. The Kier molecular flexibility index (Phi) is 6.16. The summed E-state index contributed by atoms with van der Waals surface area (Å²) >= 11 is 0. The number of nitrogens with one attached hydrogen (secondary N) is 1. The van der Waals surface area contributed by atoms with Gasteiger partial charge in [-0.2, -0.15) is 4.98 Å². The van der Waals surface area contributed by atoms with Crippen molar-refractivity contribution in [2.24, 2.45) is 5.84 Å². The smallest absolute Gasteiger partial charge is 0.221 e. The zero-order valence-corrected chi connectivity index (χ0v) is 13.4. The molecule has 0 fully saturated rings. The Labute approximate surface area is 121 Å². The van der Waals surface area contributed by atoms with Crippen molar-refractivity contribution in [2.75, 3.05) is 18.6 Å². The maximum absolute atomic E-state index is 5.80. The normalized spacial score (nSPS) is 11.5. The van der Waals surface area contributed by atoms with Gasteiger partial charge in [0.05, 0.1) is 5.56 Å². The van der Waals surface area contributed by atoms with E-state index >= 15 is 0 Å². The minimum Gasteiger partial charge on any atom is -0.476 e. The Hall–Kier alpha value is -1.40. The van der Waals surface area contributed by atoms with Crippen molar-refractivity contribution < 1.29 is 4.74 Å². The van der Waals surface area contributed by atoms with E-state index in [4.69, 9.17) is 10.6 Å². The predicted molar refractivity (Wildman–Crippen MR) is 81.8 cm³/mol. The molecular formula is C14H27N5O. The molecule has 3 N–H and O–H groups in total. The van der Waals surface area contributed by atoms with Crippen LogP contribution in [0, 0.1) is 13.8 Å². The van der Waals surface area contributed by atoms with Gasteiger partial charge in [0.1, 0.15) is 18.2 Å². The number of ether oxygens (including phenoxy) is 1. The van der Waals surface area contributed by atoms with Crippen LogP contribution in [0.3, 0.4) is 0 Å². The topological polar surface area (TPSA) is 76.3 Å². The molecule has 6 heteroatoms. The molecular weight excluding hydrogens is 254 g/mol. The van der Waals surface area contributed by atoms with E-state index in [0.29, 0.717) is 36.2 Å². The molecule has 1 rings (SSSR count). The van der Waals surface area contributed by atoms with E-state index in [1.165, 1.54) is 0 Å². The number of nitrogens with zero attached hydrogens (tertiary/aromatic N) is 3. The van der Waals surface area contributed by atoms with Crippen molar-refractivity contribution >= 4 is 5.82 Å². The molecule has 0 radical (unpaired) electrons. The number of hydrogen-bond acceptors (Lipinski definition) is 6. The molecule has 0 bridgehead atoms. The van der Waals surface area contributed by atoms with Crippen LogP contribution in [-0.2, 0) is 0 Å². The predicted octanol–water partition coefficient (Wildman–Crippen LogP) is 1.88. The van der Waals surface area contributed by atoms with Crippen LogP contribution in [0.4, 0.5) is 5.82 Å². The molecule has 0 aliphatic rings. The number of nitrogen functional groups attached to an aromatic ring is 1. The van der Waals surface area contributed by atoms with Gasteiger partial charge in [0, 0.05) is 18.6 Å². The number of rotatable bonds is 7. The van der Waals surface area contributed by atoms with Gasteiger partial charge >= 0.3 is 0 Å². The van der Waals surface area contributed by atoms with Gasteiger partial charge in [0.15, 0.2) is 0 Å². The fraction of sp³-hybridized carbons (Fsp3) is 0.714. The first-order valence-corrected chi connectivity index (χ1v) is 7.07. The Morgan fingerprint density at radius 2 is 1.75 bits per heavy atom. The molecule has 1 aromatic heterocycles. The van der Waals surface area contributed by atoms with Crippen LogP contribution in [0.5, 0.6) is 5.88 Å². The largest absolute Gasteiger partial charge is 0.476 e. The van der Waals surface area contributed by atoms with E-state index in [2.05, 4.69) is 48.0 Å². The first kappa shape index (κ1) is 16.7. The van der Waals surface area contributed by atoms with E-state index in [0.717, 1.165) is 12.1 Å². The monoisotopic (exact) mass is 281 g/mol. The summed E-state index contributed by atoms with van der Waals surface area (Å²) in [4.78, 5) is 10.9. The van der Waals surface area contributed by atoms with Crippen LogP contribution < -0.4 is 16.0 Å². The number of aryl methyl sites for hydroxylation is 1. The van der Waals surface area contributed by atoms with Gasteiger partial charge in [-0.05, 0) is 41.5 Å². The molecule has 0 aliphatic heterocycles. The molecule has 0 saturated heterocycles. The van der Waals surface area contributed by atoms with E-state index in [9.17, 15) is 0 Å². The Morgan fingerprint density at radius 3 is 2.25 bits per heavy atom. The highest BCUT2D eigenvalue weighted by Crippen LogP contribution is 2.21. The summed E-state index contributed by atoms with van der Waals surface area (Å²) in [6.07, 6.45) is 0. The van der Waals surface area contributed by atoms with Crippen LogP contribution in [-0.4, -0.2) is 40.1 Å². The van der Waals surface area contributed by atoms with E-state index in [1.807, 2.05) is 13.8 Å². The lowest BCUT2D eigenvalue weighted by atomic mass is 10.2. The standard InChI is InChI=1S/C14H27N5O/c1-9(2)19(10(3)4)7-8-20-14-11(5)13(18-15)16-12(6)17-14/h9-10H,7-8,15H2,1-6H3,(H,16,17,18). The van der Waals surface area contributed by atoms with Crippen molar-refractivity contribution in [2.45, 2.75) is 53.6 Å². The molecule has 0 spiro atoms. The summed E-state index contributed by atoms with van der Waals surface area (Å²) in [5.41, 5.74) is 3.40. The molecule has 0 aromatic carbocycles. The molecule has 20 heavy (non-hydrogen) atoms. The van der Waals surface area contributed by atoms with Crippen LogP contribution in [0.15, 0.2) is 0 Å². The Bertz CT molecular complexity index is 426. The number of hydrogen-bond donors (Lipinski definition) is 2. The van der Waals surface area contributed by atoms with Gasteiger partial charge in [0.25, 0.3) is 0 Å². The molecule has 0 aliphatic carbocycles. The summed E-state index contributed by atoms with van der Waals surface area (Å²) in [5.74, 6) is 7.29. The molecule has 0 atom stereocenters. The fourth-order valence-corrected chi connectivity index (χ4v) is 2.24. The Morgan fingerprint density at radius 1 is 1.15 bits per heavy atom. The van der Waals surface area contributed by atoms with Crippen molar-refractivity contribution in [3.05, 3.63) is 11.4 Å². The van der Waals surface area contributed by atoms with Gasteiger partial charge in [-0.25, -0.2) is 10.8 Å². The van der Waals surface area contributed by atoms with Crippen LogP contribution >= 0.6 is 0 Å². The van der Waals surface area contributed by atoms with Gasteiger partial charge in [-0.15, -0.1) is 0 Å². The third-order valence-corrected chi connectivity index (χ3v) is 3.26. The van der Waals surface area contributed by atoms with Crippen molar-refractivity contribution in [3.63, 3.8) is 0 Å². The highest BCUT2D eigenvalue weighted by atomic mass is 16.5. The average Bonchev–Trinajstić information content (AvgIpc) is 2.36. The average molecular weight is 281 g/mol. The van der Waals surface area contributed by atoms with Crippen molar-refractivity contribution in [1.82, 2.24) is 14.9 Å². The molecule has 0 amide bonds. The summed E-state index contributed by atoms with van der Waals surface area (Å²) in [5, 5.41) is 0. The number of hydrazine groups is 1. The van der Waals surface area contributed by atoms with Crippen LogP contribution in [0.1, 0.15) is 39.1 Å². The minimum atomic E-state index is 0.494. The molecule has 0 unspecified atom stereocenters. The second kappa shape index (κ2) is 7.40. The van der Waals surface area contributed by atoms with Crippen LogP contribution in [0.2, 0.25) is 0 Å². The second-order valence-corrected chi connectivity index (χ2v) is 5.47. The maximum atomic E-state index is 5.80. The highest BCUT2D eigenvalue weighted by Gasteiger charge is 2.14. The first-order valence-electron chi connectivity index (χ1n) is 7.07. The van der Waals surface area contributed by atoms with E-state index < -0.39 is 0 Å². The van der Waals surface area contributed by atoms with Gasteiger partial charge in [0.2, 0.25) is 5.88 Å². The summed E-state index contributed by atoms with van der Waals surface area (Å²) in [7, 11) is 0. The number of aromatic nitrogens is 2. The van der Waals surface area contributed by atoms with Gasteiger partial charge in [-0.3, -0.25) is 4.90 Å². The summed E-state index contributed by atoms with van der Waals surface area (Å²) < 4.78 is 5.80. The summed E-state index contributed by atoms with van der Waals surface area (Å²) in [6.45, 7) is 13.9. The molecule has 114 valence electrons. The SMILES string of the molecule is Cc1nc(NN)c(C)c(OCCN(C(C)C)C(C)C)n1. The first-order chi connectivity index (χ1) is 9.36. The lowest BCUT2D eigenvalue weighted by Gasteiger charge is -2.30. The van der Waals surface area contributed by atoms with E-state index in [1.54, 1.807) is 0 Å². The Balaban J connectivity index is 2.68. The molecule has 0 saturated carbocycles. The summed E-state index contributed by atoms with van der Waals surface area (Å²) in [6, 6.07) is 0.987. The molecule has 1 aromatic rings. The zero-order valence-electron chi connectivity index (χ0n) is 13.4. The minimum absolute atomic E-state index is 0.494. The number of nitrogens with two attached hydrogens (primary N) is 1. The number of anilines is 1. The van der Waals surface area contributed by atoms with E-state index in [-0.39, 0.29) is 0 Å².